The van der Waals surface area contributed by atoms with Gasteiger partial charge >= 0.3 is 5.69 Å². The minimum Gasteiger partial charge on any atom is -0.393 e. The molecule has 2 saturated heterocycles. The molecule has 1 unspecified atom stereocenters. The fraction of sp³-hybridized carbons (Fsp3) is 0.412. The van der Waals surface area contributed by atoms with Crippen molar-refractivity contribution in [1.29, 1.82) is 0 Å². The van der Waals surface area contributed by atoms with E-state index in [0.717, 1.165) is 16.2 Å². The summed E-state index contributed by atoms with van der Waals surface area (Å²) in [6, 6.07) is 10.5. The van der Waals surface area contributed by atoms with Gasteiger partial charge in [0.25, 0.3) is 11.3 Å². The van der Waals surface area contributed by atoms with Gasteiger partial charge in [0.2, 0.25) is 0 Å². The highest BCUT2D eigenvalue weighted by atomic mass is 17.3. The summed E-state index contributed by atoms with van der Waals surface area (Å²) in [5, 5.41) is 20.4. The zero-order chi connectivity index (χ0) is 19.0. The summed E-state index contributed by atoms with van der Waals surface area (Å²) in [5.41, 5.74) is -0.442. The third-order valence-corrected chi connectivity index (χ3v) is 4.57. The molecule has 4 rings (SSSR count). The molecule has 2 aliphatic rings. The molecule has 1 spiro atoms. The van der Waals surface area contributed by atoms with Crippen LogP contribution >= 0.6 is 0 Å². The lowest BCUT2D eigenvalue weighted by atomic mass is 10.1. The van der Waals surface area contributed by atoms with Crippen LogP contribution in [0.3, 0.4) is 0 Å². The first kappa shape index (κ1) is 18.0. The smallest absolute Gasteiger partial charge is 0.330 e. The Bertz CT molecular complexity index is 913. The highest BCUT2D eigenvalue weighted by Crippen LogP contribution is 2.44. The van der Waals surface area contributed by atoms with Crippen molar-refractivity contribution in [2.24, 2.45) is 0 Å². The second kappa shape index (κ2) is 7.00. The summed E-state index contributed by atoms with van der Waals surface area (Å²) in [5.74, 6) is -1.81. The average molecular weight is 378 g/mol. The van der Waals surface area contributed by atoms with Crippen molar-refractivity contribution >= 4 is 0 Å². The summed E-state index contributed by atoms with van der Waals surface area (Å²) in [6.07, 6.45) is -3.18. The number of aromatic nitrogens is 2. The van der Waals surface area contributed by atoms with E-state index in [1.54, 1.807) is 0 Å². The van der Waals surface area contributed by atoms with Gasteiger partial charge in [0.15, 0.2) is 18.6 Å². The molecule has 0 saturated carbocycles. The number of rotatable bonds is 4. The van der Waals surface area contributed by atoms with Crippen molar-refractivity contribution in [2.45, 2.75) is 36.9 Å². The number of aliphatic hydroxyl groups is 2. The van der Waals surface area contributed by atoms with Crippen molar-refractivity contribution < 1.29 is 29.5 Å². The average Bonchev–Trinajstić information content (AvgIpc) is 3.19. The van der Waals surface area contributed by atoms with Gasteiger partial charge in [-0.05, 0) is 5.56 Å². The van der Waals surface area contributed by atoms with Gasteiger partial charge in [-0.25, -0.2) is 9.68 Å². The van der Waals surface area contributed by atoms with Crippen molar-refractivity contribution in [2.75, 3.05) is 6.61 Å². The van der Waals surface area contributed by atoms with E-state index in [-0.39, 0.29) is 0 Å². The Kier molecular flexibility index (Phi) is 4.68. The van der Waals surface area contributed by atoms with Gasteiger partial charge < -0.3 is 19.7 Å². The topological polar surface area (TPSA) is 132 Å². The normalized spacial score (nSPS) is 33.0. The van der Waals surface area contributed by atoms with Crippen LogP contribution in [-0.2, 0) is 25.7 Å². The summed E-state index contributed by atoms with van der Waals surface area (Å²) in [4.78, 5) is 35.8. The lowest BCUT2D eigenvalue weighted by Gasteiger charge is -2.26. The first-order valence-corrected chi connectivity index (χ1v) is 8.35. The van der Waals surface area contributed by atoms with E-state index in [2.05, 4.69) is 4.98 Å². The third-order valence-electron chi connectivity index (χ3n) is 4.57. The molecule has 2 aliphatic heterocycles. The maximum Gasteiger partial charge on any atom is 0.330 e. The number of benzene rings is 1. The molecule has 10 nitrogen and oxygen atoms in total. The maximum absolute atomic E-state index is 12.0. The van der Waals surface area contributed by atoms with E-state index in [9.17, 15) is 19.8 Å². The number of hydrogen-bond donors (Lipinski definition) is 3. The summed E-state index contributed by atoms with van der Waals surface area (Å²) in [6.45, 7) is -0.549. The summed E-state index contributed by atoms with van der Waals surface area (Å²) >= 11 is 0. The minimum atomic E-state index is -1.81. The van der Waals surface area contributed by atoms with Gasteiger partial charge in [-0.1, -0.05) is 30.3 Å². The Morgan fingerprint density at radius 2 is 1.96 bits per heavy atom. The largest absolute Gasteiger partial charge is 0.393 e. The molecule has 3 heterocycles. The molecule has 2 aromatic rings. The van der Waals surface area contributed by atoms with E-state index < -0.39 is 48.4 Å². The van der Waals surface area contributed by atoms with E-state index in [0.29, 0.717) is 6.42 Å². The molecule has 1 aromatic heterocycles. The van der Waals surface area contributed by atoms with Crippen LogP contribution in [0, 0.1) is 0 Å². The molecular formula is C17H18N2O8. The molecule has 3 N–H and O–H groups in total. The number of nitrogens with one attached hydrogen (secondary N) is 1. The number of aliphatic hydroxyl groups excluding tert-OH is 2. The monoisotopic (exact) mass is 378 g/mol. The summed E-state index contributed by atoms with van der Waals surface area (Å²) in [7, 11) is 0. The zero-order valence-electron chi connectivity index (χ0n) is 14.1. The predicted octanol–water partition coefficient (Wildman–Crippen LogP) is -0.969. The molecule has 27 heavy (non-hydrogen) atoms. The van der Waals surface area contributed by atoms with Gasteiger partial charge in [-0.15, -0.1) is 0 Å². The number of nitrogens with zero attached hydrogens (tertiary/aromatic N) is 1. The van der Waals surface area contributed by atoms with Crippen molar-refractivity contribution in [1.82, 2.24) is 9.55 Å². The fourth-order valence-corrected chi connectivity index (χ4v) is 3.25. The maximum atomic E-state index is 12.0. The zero-order valence-corrected chi connectivity index (χ0v) is 14.1. The van der Waals surface area contributed by atoms with Gasteiger partial charge in [-0.3, -0.25) is 14.3 Å². The van der Waals surface area contributed by atoms with Crippen LogP contribution < -0.4 is 11.2 Å². The molecular weight excluding hydrogens is 360 g/mol. The van der Waals surface area contributed by atoms with Crippen LogP contribution in [0.25, 0.3) is 0 Å². The van der Waals surface area contributed by atoms with Crippen LogP contribution in [0.1, 0.15) is 11.8 Å². The van der Waals surface area contributed by atoms with Crippen LogP contribution in [0.15, 0.2) is 52.2 Å². The van der Waals surface area contributed by atoms with Gasteiger partial charge in [0, 0.05) is 18.7 Å². The first-order chi connectivity index (χ1) is 13.0. The predicted molar refractivity (Wildman–Crippen MR) is 88.2 cm³/mol. The highest BCUT2D eigenvalue weighted by molar-refractivity contribution is 5.15. The Labute approximate surface area is 152 Å². The number of H-pyrrole nitrogens is 1. The summed E-state index contributed by atoms with van der Waals surface area (Å²) < 4.78 is 12.3. The van der Waals surface area contributed by atoms with Crippen LogP contribution in [0.2, 0.25) is 0 Å². The van der Waals surface area contributed by atoms with Crippen molar-refractivity contribution in [3.05, 3.63) is 69.0 Å². The van der Waals surface area contributed by atoms with Gasteiger partial charge in [0.05, 0.1) is 6.61 Å². The SMILES string of the molecule is O=c1ccn([C@@H]2O[C@H](CO)[C@@]3(OOC(Cc4ccccc4)O3)[C@H]2O)c(=O)[nH]1. The van der Waals surface area contributed by atoms with Crippen LogP contribution in [0.5, 0.6) is 0 Å². The lowest BCUT2D eigenvalue weighted by Crippen LogP contribution is -2.51. The lowest BCUT2D eigenvalue weighted by molar-refractivity contribution is -0.355. The second-order valence-electron chi connectivity index (χ2n) is 6.30. The number of ether oxygens (including phenoxy) is 2. The van der Waals surface area contributed by atoms with E-state index in [1.165, 1.54) is 6.20 Å². The Morgan fingerprint density at radius 1 is 1.19 bits per heavy atom. The third kappa shape index (κ3) is 3.12. The Hall–Kier alpha value is -2.34. The molecule has 10 heteroatoms. The molecule has 0 aliphatic carbocycles. The van der Waals surface area contributed by atoms with E-state index >= 15 is 0 Å². The molecule has 2 fully saturated rings. The number of hydrogen-bond acceptors (Lipinski definition) is 8. The minimum absolute atomic E-state index is 0.344. The van der Waals surface area contributed by atoms with Crippen molar-refractivity contribution in [3.8, 4) is 0 Å². The Balaban J connectivity index is 1.58. The second-order valence-corrected chi connectivity index (χ2v) is 6.30. The molecule has 5 atom stereocenters. The van der Waals surface area contributed by atoms with Crippen molar-refractivity contribution in [3.63, 3.8) is 0 Å². The number of aromatic amines is 1. The fourth-order valence-electron chi connectivity index (χ4n) is 3.25. The quantitative estimate of drug-likeness (QED) is 0.579. The van der Waals surface area contributed by atoms with Gasteiger partial charge in [0.1, 0.15) is 6.10 Å². The first-order valence-electron chi connectivity index (χ1n) is 8.35. The molecule has 0 bridgehead atoms. The molecule has 0 amide bonds. The standard InChI is InChI=1S/C17H18N2O8/c20-9-11-17(25-13(26-27-17)8-10-4-2-1-3-5-10)14(22)15(24-11)19-7-6-12(21)18-16(19)23/h1-7,11,13-15,20,22H,8-9H2,(H,18,21,23)/t11-,13?,14+,15-,17-/m1/s1. The molecule has 144 valence electrons. The Morgan fingerprint density at radius 3 is 2.67 bits per heavy atom. The van der Waals surface area contributed by atoms with E-state index in [1.807, 2.05) is 30.3 Å². The highest BCUT2D eigenvalue weighted by Gasteiger charge is 2.64. The van der Waals surface area contributed by atoms with Gasteiger partial charge in [-0.2, -0.15) is 4.89 Å². The molecule has 1 aromatic carbocycles. The van der Waals surface area contributed by atoms with Crippen LogP contribution in [-0.4, -0.2) is 50.7 Å². The molecule has 0 radical (unpaired) electrons. The van der Waals surface area contributed by atoms with Crippen LogP contribution in [0.4, 0.5) is 0 Å². The van der Waals surface area contributed by atoms with E-state index in [4.69, 9.17) is 19.2 Å².